The number of rotatable bonds is 5. The second-order valence-electron chi connectivity index (χ2n) is 7.40. The Kier molecular flexibility index (Phi) is 4.50. The molecule has 1 aromatic carbocycles. The van der Waals surface area contributed by atoms with Crippen LogP contribution in [0.5, 0.6) is 0 Å². The second-order valence-corrected chi connectivity index (χ2v) is 7.40. The van der Waals surface area contributed by atoms with Gasteiger partial charge in [0.2, 0.25) is 0 Å². The number of hydrogen-bond donors (Lipinski definition) is 1. The summed E-state index contributed by atoms with van der Waals surface area (Å²) in [5.41, 5.74) is 8.04. The van der Waals surface area contributed by atoms with Crippen molar-refractivity contribution in [3.8, 4) is 0 Å². The van der Waals surface area contributed by atoms with Gasteiger partial charge < -0.3 is 10.2 Å². The second kappa shape index (κ2) is 6.44. The number of hydrogen-bond acceptors (Lipinski definition) is 3. The normalized spacial score (nSPS) is 20.4. The molecule has 1 amide bonds. The molecule has 0 spiro atoms. The molecule has 0 bridgehead atoms. The SMILES string of the molecule is CCc1oc(C(N)=O)cc1CN1C[C@H](c2ccccc2)C(C)(C)C1. The molecule has 2 heterocycles. The lowest BCUT2D eigenvalue weighted by Gasteiger charge is -2.26. The Morgan fingerprint density at radius 2 is 2.04 bits per heavy atom. The van der Waals surface area contributed by atoms with Gasteiger partial charge in [-0.05, 0) is 17.0 Å². The van der Waals surface area contributed by atoms with Gasteiger partial charge in [-0.3, -0.25) is 9.69 Å². The molecule has 2 aromatic rings. The zero-order valence-corrected chi connectivity index (χ0v) is 14.7. The van der Waals surface area contributed by atoms with Gasteiger partial charge in [0.15, 0.2) is 5.76 Å². The average molecular weight is 326 g/mol. The summed E-state index contributed by atoms with van der Waals surface area (Å²) in [6.07, 6.45) is 0.766. The van der Waals surface area contributed by atoms with Crippen molar-refractivity contribution in [1.82, 2.24) is 4.90 Å². The lowest BCUT2D eigenvalue weighted by molar-refractivity contribution is 0.0972. The summed E-state index contributed by atoms with van der Waals surface area (Å²) in [6, 6.07) is 12.5. The van der Waals surface area contributed by atoms with E-state index >= 15 is 0 Å². The number of benzene rings is 1. The van der Waals surface area contributed by atoms with Crippen molar-refractivity contribution in [3.05, 3.63) is 59.0 Å². The highest BCUT2D eigenvalue weighted by Crippen LogP contribution is 2.42. The largest absolute Gasteiger partial charge is 0.456 e. The predicted octanol–water partition coefficient (Wildman–Crippen LogP) is 3.57. The highest BCUT2D eigenvalue weighted by molar-refractivity contribution is 5.90. The van der Waals surface area contributed by atoms with Crippen LogP contribution in [0.15, 0.2) is 40.8 Å². The van der Waals surface area contributed by atoms with Crippen LogP contribution in [0.2, 0.25) is 0 Å². The molecule has 2 N–H and O–H groups in total. The molecule has 0 saturated carbocycles. The number of nitrogens with zero attached hydrogens (tertiary/aromatic N) is 1. The zero-order valence-electron chi connectivity index (χ0n) is 14.7. The van der Waals surface area contributed by atoms with Crippen LogP contribution in [0.25, 0.3) is 0 Å². The zero-order chi connectivity index (χ0) is 17.3. The van der Waals surface area contributed by atoms with Gasteiger partial charge in [0.1, 0.15) is 5.76 Å². The maximum Gasteiger partial charge on any atom is 0.284 e. The summed E-state index contributed by atoms with van der Waals surface area (Å²) in [6.45, 7) is 9.52. The van der Waals surface area contributed by atoms with Crippen LogP contribution in [0.1, 0.15) is 54.1 Å². The summed E-state index contributed by atoms with van der Waals surface area (Å²) < 4.78 is 5.60. The van der Waals surface area contributed by atoms with E-state index in [-0.39, 0.29) is 11.2 Å². The Bertz CT molecular complexity index is 718. The molecule has 0 aliphatic carbocycles. The van der Waals surface area contributed by atoms with E-state index in [1.54, 1.807) is 0 Å². The Hall–Kier alpha value is -2.07. The van der Waals surface area contributed by atoms with E-state index < -0.39 is 5.91 Å². The van der Waals surface area contributed by atoms with Crippen LogP contribution in [0.4, 0.5) is 0 Å². The predicted molar refractivity (Wildman–Crippen MR) is 94.8 cm³/mol. The number of primary amides is 1. The molecule has 24 heavy (non-hydrogen) atoms. The minimum Gasteiger partial charge on any atom is -0.456 e. The molecule has 1 aliphatic rings. The number of carbonyl (C=O) groups is 1. The van der Waals surface area contributed by atoms with Gasteiger partial charge in [-0.15, -0.1) is 0 Å². The van der Waals surface area contributed by atoms with Gasteiger partial charge in [0.05, 0.1) is 0 Å². The van der Waals surface area contributed by atoms with Gasteiger partial charge in [-0.1, -0.05) is 51.1 Å². The molecule has 1 atom stereocenters. The molecule has 1 fully saturated rings. The first-order valence-electron chi connectivity index (χ1n) is 8.59. The Morgan fingerprint density at radius 3 is 2.67 bits per heavy atom. The fourth-order valence-corrected chi connectivity index (χ4v) is 3.88. The van der Waals surface area contributed by atoms with E-state index in [2.05, 4.69) is 49.1 Å². The van der Waals surface area contributed by atoms with Crippen molar-refractivity contribution in [2.75, 3.05) is 13.1 Å². The first-order valence-corrected chi connectivity index (χ1v) is 8.59. The third-order valence-corrected chi connectivity index (χ3v) is 5.07. The number of nitrogens with two attached hydrogens (primary N) is 1. The van der Waals surface area contributed by atoms with E-state index in [1.165, 1.54) is 5.56 Å². The monoisotopic (exact) mass is 326 g/mol. The van der Waals surface area contributed by atoms with Crippen LogP contribution in [-0.2, 0) is 13.0 Å². The van der Waals surface area contributed by atoms with Gasteiger partial charge in [-0.2, -0.15) is 0 Å². The molecule has 1 saturated heterocycles. The molecule has 128 valence electrons. The van der Waals surface area contributed by atoms with Crippen molar-refractivity contribution in [2.45, 2.75) is 39.7 Å². The van der Waals surface area contributed by atoms with Crippen LogP contribution in [-0.4, -0.2) is 23.9 Å². The van der Waals surface area contributed by atoms with Crippen LogP contribution in [0.3, 0.4) is 0 Å². The molecule has 1 aliphatic heterocycles. The van der Waals surface area contributed by atoms with E-state index in [9.17, 15) is 4.79 Å². The highest BCUT2D eigenvalue weighted by atomic mass is 16.3. The third-order valence-electron chi connectivity index (χ3n) is 5.07. The maximum atomic E-state index is 11.4. The van der Waals surface area contributed by atoms with Crippen molar-refractivity contribution < 1.29 is 9.21 Å². The fourth-order valence-electron chi connectivity index (χ4n) is 3.88. The van der Waals surface area contributed by atoms with Crippen molar-refractivity contribution in [2.24, 2.45) is 11.1 Å². The number of carbonyl (C=O) groups excluding carboxylic acids is 1. The van der Waals surface area contributed by atoms with E-state index in [1.807, 2.05) is 13.0 Å². The average Bonchev–Trinajstić information content (AvgIpc) is 3.08. The molecule has 4 nitrogen and oxygen atoms in total. The van der Waals surface area contributed by atoms with Crippen molar-refractivity contribution in [1.29, 1.82) is 0 Å². The first-order chi connectivity index (χ1) is 11.4. The summed E-state index contributed by atoms with van der Waals surface area (Å²) in [5, 5.41) is 0. The highest BCUT2D eigenvalue weighted by Gasteiger charge is 2.40. The fraction of sp³-hybridized carbons (Fsp3) is 0.450. The Labute approximate surface area is 143 Å². The summed E-state index contributed by atoms with van der Waals surface area (Å²) >= 11 is 0. The standard InChI is InChI=1S/C20H26N2O2/c1-4-17-15(10-18(24-17)19(21)23)11-22-12-16(20(2,3)13-22)14-8-6-5-7-9-14/h5-10,16H,4,11-13H2,1-3H3,(H2,21,23)/t16-/m1/s1. The van der Waals surface area contributed by atoms with Crippen LogP contribution < -0.4 is 5.73 Å². The minimum absolute atomic E-state index is 0.212. The molecule has 0 unspecified atom stereocenters. The van der Waals surface area contributed by atoms with Crippen molar-refractivity contribution in [3.63, 3.8) is 0 Å². The number of furan rings is 1. The Balaban J connectivity index is 1.79. The number of likely N-dealkylation sites (tertiary alicyclic amines) is 1. The maximum absolute atomic E-state index is 11.4. The van der Waals surface area contributed by atoms with Gasteiger partial charge in [0, 0.05) is 37.5 Å². The van der Waals surface area contributed by atoms with Gasteiger partial charge in [0.25, 0.3) is 5.91 Å². The molecule has 0 radical (unpaired) electrons. The first kappa shape index (κ1) is 16.8. The van der Waals surface area contributed by atoms with Gasteiger partial charge in [-0.25, -0.2) is 0 Å². The minimum atomic E-state index is -0.500. The summed E-state index contributed by atoms with van der Waals surface area (Å²) in [7, 11) is 0. The van der Waals surface area contributed by atoms with Crippen LogP contribution >= 0.6 is 0 Å². The Morgan fingerprint density at radius 1 is 1.33 bits per heavy atom. The topological polar surface area (TPSA) is 59.5 Å². The number of amides is 1. The third kappa shape index (κ3) is 3.24. The summed E-state index contributed by atoms with van der Waals surface area (Å²) in [4.78, 5) is 13.8. The smallest absolute Gasteiger partial charge is 0.284 e. The molecule has 1 aromatic heterocycles. The van der Waals surface area contributed by atoms with E-state index in [0.29, 0.717) is 5.92 Å². The molecular weight excluding hydrogens is 300 g/mol. The lowest BCUT2D eigenvalue weighted by Crippen LogP contribution is -2.23. The van der Waals surface area contributed by atoms with E-state index in [0.717, 1.165) is 37.4 Å². The lowest BCUT2D eigenvalue weighted by atomic mass is 9.78. The summed E-state index contributed by atoms with van der Waals surface area (Å²) in [5.74, 6) is 1.14. The number of aryl methyl sites for hydroxylation is 1. The molecule has 4 heteroatoms. The molecule has 3 rings (SSSR count). The quantitative estimate of drug-likeness (QED) is 0.914. The van der Waals surface area contributed by atoms with E-state index in [4.69, 9.17) is 10.2 Å². The van der Waals surface area contributed by atoms with Crippen molar-refractivity contribution >= 4 is 5.91 Å². The van der Waals surface area contributed by atoms with Gasteiger partial charge >= 0.3 is 0 Å². The van der Waals surface area contributed by atoms with Crippen LogP contribution in [0, 0.1) is 5.41 Å². The molecular formula is C20H26N2O2.